The fraction of sp³-hybridized carbons (Fsp3) is 0.481. The Balaban J connectivity index is 1.66. The molecule has 1 aliphatic heterocycles. The van der Waals surface area contributed by atoms with Gasteiger partial charge in [-0.25, -0.2) is 0 Å². The largest absolute Gasteiger partial charge is 0.507 e. The summed E-state index contributed by atoms with van der Waals surface area (Å²) >= 11 is 0. The molecule has 0 radical (unpaired) electrons. The van der Waals surface area contributed by atoms with E-state index in [0.717, 1.165) is 0 Å². The van der Waals surface area contributed by atoms with Gasteiger partial charge >= 0.3 is 0 Å². The summed E-state index contributed by atoms with van der Waals surface area (Å²) in [4.78, 5) is 27.1. The molecule has 0 aromatic heterocycles. The zero-order chi connectivity index (χ0) is 26.8. The second-order valence-electron chi connectivity index (χ2n) is 10.1. The molecule has 5 rings (SSSR count). The van der Waals surface area contributed by atoms with E-state index in [1.54, 1.807) is 19.9 Å². The minimum Gasteiger partial charge on any atom is -0.507 e. The highest BCUT2D eigenvalue weighted by Gasteiger charge is 2.47. The van der Waals surface area contributed by atoms with Gasteiger partial charge in [0.25, 0.3) is 0 Å². The lowest BCUT2D eigenvalue weighted by atomic mass is 9.72. The maximum Gasteiger partial charge on any atom is 0.202 e. The number of hydrogen-bond acceptors (Lipinski definition) is 10. The maximum absolute atomic E-state index is 13.6. The molecule has 4 unspecified atom stereocenters. The summed E-state index contributed by atoms with van der Waals surface area (Å²) in [6, 6.07) is 3.95. The van der Waals surface area contributed by atoms with E-state index >= 15 is 0 Å². The van der Waals surface area contributed by atoms with Gasteiger partial charge in [0, 0.05) is 42.0 Å². The van der Waals surface area contributed by atoms with Crippen molar-refractivity contribution in [3.05, 3.63) is 51.6 Å². The Hall–Kier alpha value is -3.02. The van der Waals surface area contributed by atoms with Gasteiger partial charge in [0.1, 0.15) is 17.2 Å². The van der Waals surface area contributed by atoms with Gasteiger partial charge in [0.2, 0.25) is 5.78 Å². The number of aliphatic hydroxyl groups excluding tert-OH is 1. The molecule has 198 valence electrons. The molecule has 2 aliphatic carbocycles. The average molecular weight is 514 g/mol. The van der Waals surface area contributed by atoms with Crippen LogP contribution < -0.4 is 10.5 Å². The normalized spacial score (nSPS) is 30.9. The molecule has 6 atom stereocenters. The molecule has 3 aliphatic rings. The van der Waals surface area contributed by atoms with E-state index in [4.69, 9.17) is 19.9 Å². The van der Waals surface area contributed by atoms with Crippen LogP contribution in [0.15, 0.2) is 18.2 Å². The molecule has 10 heteroatoms. The predicted octanol–water partition coefficient (Wildman–Crippen LogP) is 1.85. The SMILES string of the molecule is CC[C@]1(O)Cc2c(O)c3c(c(O)c2[C@@H](OC2CC(N)C(O)C(C)O2)C1)C(=O)c1c(OC)cccc1C3=O. The molecule has 2 aromatic carbocycles. The van der Waals surface area contributed by atoms with Crippen LogP contribution in [0.1, 0.15) is 82.2 Å². The van der Waals surface area contributed by atoms with Crippen LogP contribution in [-0.4, -0.2) is 69.2 Å². The Bertz CT molecular complexity index is 1280. The topological polar surface area (TPSA) is 169 Å². The molecule has 0 spiro atoms. The van der Waals surface area contributed by atoms with E-state index in [-0.39, 0.29) is 58.4 Å². The van der Waals surface area contributed by atoms with Crippen LogP contribution in [0, 0.1) is 0 Å². The first-order valence-corrected chi connectivity index (χ1v) is 12.3. The van der Waals surface area contributed by atoms with Crippen molar-refractivity contribution in [2.24, 2.45) is 5.73 Å². The zero-order valence-electron chi connectivity index (χ0n) is 20.9. The molecular formula is C27H31NO9. The summed E-state index contributed by atoms with van der Waals surface area (Å²) in [5.74, 6) is -2.09. The number of ketones is 2. The summed E-state index contributed by atoms with van der Waals surface area (Å²) < 4.78 is 17.3. The number of methoxy groups -OCH3 is 1. The minimum atomic E-state index is -1.32. The monoisotopic (exact) mass is 513 g/mol. The number of carbonyl (C=O) groups excluding carboxylic acids is 2. The summed E-state index contributed by atoms with van der Waals surface area (Å²) in [5.41, 5.74) is 4.39. The van der Waals surface area contributed by atoms with E-state index in [9.17, 15) is 30.0 Å². The smallest absolute Gasteiger partial charge is 0.202 e. The summed E-state index contributed by atoms with van der Waals surface area (Å²) in [6.07, 6.45) is -2.93. The molecule has 6 N–H and O–H groups in total. The lowest BCUT2D eigenvalue weighted by Crippen LogP contribution is -2.52. The van der Waals surface area contributed by atoms with Crippen LogP contribution in [0.4, 0.5) is 0 Å². The maximum atomic E-state index is 13.6. The molecule has 0 bridgehead atoms. The van der Waals surface area contributed by atoms with Crippen molar-refractivity contribution >= 4 is 11.6 Å². The number of benzene rings is 2. The van der Waals surface area contributed by atoms with Gasteiger partial charge in [-0.05, 0) is 19.4 Å². The van der Waals surface area contributed by atoms with Gasteiger partial charge in [-0.15, -0.1) is 0 Å². The number of rotatable bonds is 4. The average Bonchev–Trinajstić information content (AvgIpc) is 2.87. The number of fused-ring (bicyclic) bond motifs is 3. The Morgan fingerprint density at radius 1 is 1.14 bits per heavy atom. The van der Waals surface area contributed by atoms with E-state index < -0.39 is 59.3 Å². The van der Waals surface area contributed by atoms with Crippen molar-refractivity contribution < 1.29 is 44.2 Å². The van der Waals surface area contributed by atoms with Gasteiger partial charge in [0.15, 0.2) is 12.1 Å². The number of carbonyl (C=O) groups is 2. The fourth-order valence-electron chi connectivity index (χ4n) is 5.74. The van der Waals surface area contributed by atoms with Crippen LogP contribution >= 0.6 is 0 Å². The highest BCUT2D eigenvalue weighted by atomic mass is 16.7. The lowest BCUT2D eigenvalue weighted by molar-refractivity contribution is -0.247. The van der Waals surface area contributed by atoms with Crippen molar-refractivity contribution in [3.63, 3.8) is 0 Å². The molecule has 0 saturated carbocycles. The van der Waals surface area contributed by atoms with Gasteiger partial charge in [-0.1, -0.05) is 19.1 Å². The quantitative estimate of drug-likeness (QED) is 0.325. The van der Waals surface area contributed by atoms with E-state index in [1.165, 1.54) is 19.2 Å². The number of ether oxygens (including phenoxy) is 3. The molecule has 1 heterocycles. The standard InChI is InChI=1S/C27H31NO9/c1-4-27(34)9-13-19(16(10-27)37-17-8-14(28)22(29)11(2)36-17)26(33)21-20(24(13)31)23(30)12-6-5-7-15(35-3)18(12)25(21)32/h5-7,11,14,16-17,22,29,31,33-34H,4,8-10,28H2,1-3H3/t11?,14?,16-,17?,22?,27-/m0/s1. The summed E-state index contributed by atoms with van der Waals surface area (Å²) in [7, 11) is 1.37. The van der Waals surface area contributed by atoms with Crippen LogP contribution in [0.3, 0.4) is 0 Å². The molecule has 10 nitrogen and oxygen atoms in total. The second-order valence-corrected chi connectivity index (χ2v) is 10.1. The summed E-state index contributed by atoms with van der Waals surface area (Å²) in [6.45, 7) is 3.44. The second kappa shape index (κ2) is 9.07. The number of nitrogens with two attached hydrogens (primary N) is 1. The first-order valence-electron chi connectivity index (χ1n) is 12.3. The lowest BCUT2D eigenvalue weighted by Gasteiger charge is -2.42. The van der Waals surface area contributed by atoms with Crippen LogP contribution in [-0.2, 0) is 15.9 Å². The highest BCUT2D eigenvalue weighted by Crippen LogP contribution is 2.52. The van der Waals surface area contributed by atoms with Crippen molar-refractivity contribution in [2.45, 2.75) is 75.8 Å². The van der Waals surface area contributed by atoms with E-state index in [1.807, 2.05) is 0 Å². The Kier molecular flexibility index (Phi) is 6.28. The Labute approximate surface area is 213 Å². The first kappa shape index (κ1) is 25.6. The van der Waals surface area contributed by atoms with Crippen molar-refractivity contribution in [2.75, 3.05) is 7.11 Å². The molecular weight excluding hydrogens is 482 g/mol. The van der Waals surface area contributed by atoms with Crippen LogP contribution in [0.5, 0.6) is 17.2 Å². The number of phenolic OH excluding ortho intramolecular Hbond substituents is 2. The third-order valence-electron chi connectivity index (χ3n) is 7.88. The molecule has 0 amide bonds. The van der Waals surface area contributed by atoms with Crippen molar-refractivity contribution in [3.8, 4) is 17.2 Å². The molecule has 37 heavy (non-hydrogen) atoms. The van der Waals surface area contributed by atoms with Crippen LogP contribution in [0.25, 0.3) is 0 Å². The molecule has 1 saturated heterocycles. The summed E-state index contributed by atoms with van der Waals surface area (Å²) in [5, 5.41) is 44.3. The van der Waals surface area contributed by atoms with Gasteiger partial charge in [-0.2, -0.15) is 0 Å². The minimum absolute atomic E-state index is 0.000101. The third-order valence-corrected chi connectivity index (χ3v) is 7.88. The number of phenols is 2. The third kappa shape index (κ3) is 3.91. The van der Waals surface area contributed by atoms with Crippen LogP contribution in [0.2, 0.25) is 0 Å². The predicted molar refractivity (Wildman–Crippen MR) is 130 cm³/mol. The Morgan fingerprint density at radius 2 is 1.84 bits per heavy atom. The fourth-order valence-corrected chi connectivity index (χ4v) is 5.74. The van der Waals surface area contributed by atoms with E-state index in [2.05, 4.69) is 0 Å². The van der Waals surface area contributed by atoms with E-state index in [0.29, 0.717) is 6.42 Å². The number of hydrogen-bond donors (Lipinski definition) is 5. The van der Waals surface area contributed by atoms with Crippen molar-refractivity contribution in [1.29, 1.82) is 0 Å². The molecule has 1 fully saturated rings. The van der Waals surface area contributed by atoms with Gasteiger partial charge in [-0.3, -0.25) is 9.59 Å². The Morgan fingerprint density at radius 3 is 2.49 bits per heavy atom. The highest BCUT2D eigenvalue weighted by molar-refractivity contribution is 6.31. The molecule has 2 aromatic rings. The number of aliphatic hydroxyl groups is 2. The number of aromatic hydroxyl groups is 2. The zero-order valence-corrected chi connectivity index (χ0v) is 20.9. The van der Waals surface area contributed by atoms with Crippen molar-refractivity contribution in [1.82, 2.24) is 0 Å². The van der Waals surface area contributed by atoms with Gasteiger partial charge in [0.05, 0.1) is 47.7 Å². The first-order chi connectivity index (χ1) is 17.5. The van der Waals surface area contributed by atoms with Gasteiger partial charge < -0.3 is 40.4 Å².